The molecule has 1 atom stereocenters. The highest BCUT2D eigenvalue weighted by atomic mass is 79.9. The Morgan fingerprint density at radius 1 is 1.63 bits per heavy atom. The Morgan fingerprint density at radius 2 is 2.26 bits per heavy atom. The number of rotatable bonds is 4. The van der Waals surface area contributed by atoms with Gasteiger partial charge in [0.25, 0.3) is 5.91 Å². The lowest BCUT2D eigenvalue weighted by atomic mass is 10.1. The lowest BCUT2D eigenvalue weighted by molar-refractivity contribution is 0.0742. The van der Waals surface area contributed by atoms with Crippen LogP contribution in [0, 0.1) is 5.82 Å². The molecule has 0 aliphatic heterocycles. The molecule has 1 amide bonds. The number of benzene rings is 1. The number of amides is 1. The average Bonchev–Trinajstić information content (AvgIpc) is 2.36. The van der Waals surface area contributed by atoms with Gasteiger partial charge >= 0.3 is 0 Å². The number of hydrogen-bond acceptors (Lipinski definition) is 3. The number of oxime groups is 1. The van der Waals surface area contributed by atoms with E-state index in [1.54, 1.807) is 20.0 Å². The van der Waals surface area contributed by atoms with E-state index in [0.29, 0.717) is 4.47 Å². The third-order valence-electron chi connectivity index (χ3n) is 2.78. The van der Waals surface area contributed by atoms with E-state index in [-0.39, 0.29) is 23.9 Å². The molecule has 1 rings (SSSR count). The molecule has 0 saturated heterocycles. The van der Waals surface area contributed by atoms with Gasteiger partial charge < -0.3 is 15.8 Å². The standard InChI is InChI=1S/C12H15BrFN3O2/c1-7(5-11(15)16-19)17(2)12(18)9-4-3-8(13)6-10(9)14/h3-4,6-7,19H,5H2,1-2H3,(H2,15,16). The second-order valence-electron chi connectivity index (χ2n) is 4.18. The second-order valence-corrected chi connectivity index (χ2v) is 5.10. The number of halogens is 2. The lowest BCUT2D eigenvalue weighted by Crippen LogP contribution is -2.38. The maximum Gasteiger partial charge on any atom is 0.256 e. The summed E-state index contributed by atoms with van der Waals surface area (Å²) < 4.78 is 14.3. The molecule has 0 aliphatic rings. The van der Waals surface area contributed by atoms with E-state index in [9.17, 15) is 9.18 Å². The van der Waals surface area contributed by atoms with Crippen LogP contribution >= 0.6 is 15.9 Å². The summed E-state index contributed by atoms with van der Waals surface area (Å²) in [6, 6.07) is 3.92. The van der Waals surface area contributed by atoms with Crippen molar-refractivity contribution in [1.29, 1.82) is 0 Å². The molecule has 1 aromatic carbocycles. The maximum atomic E-state index is 13.7. The molecule has 0 aliphatic carbocycles. The number of carbonyl (C=O) groups is 1. The summed E-state index contributed by atoms with van der Waals surface area (Å²) >= 11 is 3.13. The summed E-state index contributed by atoms with van der Waals surface area (Å²) in [6.07, 6.45) is 0.205. The van der Waals surface area contributed by atoms with Gasteiger partial charge in [-0.1, -0.05) is 21.1 Å². The zero-order valence-electron chi connectivity index (χ0n) is 10.6. The van der Waals surface area contributed by atoms with Crippen LogP contribution in [0.25, 0.3) is 0 Å². The molecule has 1 unspecified atom stereocenters. The Labute approximate surface area is 119 Å². The molecular formula is C12H15BrFN3O2. The van der Waals surface area contributed by atoms with Crippen molar-refractivity contribution < 1.29 is 14.4 Å². The van der Waals surface area contributed by atoms with Crippen LogP contribution in [0.5, 0.6) is 0 Å². The number of nitrogens with zero attached hydrogens (tertiary/aromatic N) is 2. The maximum absolute atomic E-state index is 13.7. The van der Waals surface area contributed by atoms with Crippen molar-refractivity contribution in [1.82, 2.24) is 4.90 Å². The summed E-state index contributed by atoms with van der Waals surface area (Å²) in [5.41, 5.74) is 5.37. The van der Waals surface area contributed by atoms with Crippen LogP contribution in [0.4, 0.5) is 4.39 Å². The fourth-order valence-electron chi connectivity index (χ4n) is 1.53. The van der Waals surface area contributed by atoms with Crippen molar-refractivity contribution in [2.45, 2.75) is 19.4 Å². The van der Waals surface area contributed by atoms with Crippen LogP contribution in [0.3, 0.4) is 0 Å². The predicted molar refractivity (Wildman–Crippen MR) is 73.7 cm³/mol. The molecule has 5 nitrogen and oxygen atoms in total. The molecular weight excluding hydrogens is 317 g/mol. The summed E-state index contributed by atoms with van der Waals surface area (Å²) in [6.45, 7) is 1.73. The minimum absolute atomic E-state index is 0.0166. The third kappa shape index (κ3) is 3.92. The van der Waals surface area contributed by atoms with Crippen molar-refractivity contribution >= 4 is 27.7 Å². The number of nitrogens with two attached hydrogens (primary N) is 1. The SMILES string of the molecule is CC(CC(N)=NO)N(C)C(=O)c1ccc(Br)cc1F. The predicted octanol–water partition coefficient (Wildman–Crippen LogP) is 2.19. The van der Waals surface area contributed by atoms with E-state index in [1.165, 1.54) is 17.0 Å². The lowest BCUT2D eigenvalue weighted by Gasteiger charge is -2.24. The first-order chi connectivity index (χ1) is 8.86. The van der Waals surface area contributed by atoms with Crippen LogP contribution in [-0.4, -0.2) is 34.9 Å². The topological polar surface area (TPSA) is 78.9 Å². The van der Waals surface area contributed by atoms with Crippen LogP contribution in [0.15, 0.2) is 27.8 Å². The second kappa shape index (κ2) is 6.51. The van der Waals surface area contributed by atoms with E-state index in [1.807, 2.05) is 0 Å². The fraction of sp³-hybridized carbons (Fsp3) is 0.333. The fourth-order valence-corrected chi connectivity index (χ4v) is 1.87. The van der Waals surface area contributed by atoms with Gasteiger partial charge in [0.1, 0.15) is 11.7 Å². The van der Waals surface area contributed by atoms with Gasteiger partial charge in [0, 0.05) is 24.0 Å². The monoisotopic (exact) mass is 331 g/mol. The van der Waals surface area contributed by atoms with Gasteiger partial charge in [-0.2, -0.15) is 0 Å². The van der Waals surface area contributed by atoms with Gasteiger partial charge in [0.05, 0.1) is 5.56 Å². The van der Waals surface area contributed by atoms with E-state index in [4.69, 9.17) is 10.9 Å². The smallest absolute Gasteiger partial charge is 0.256 e. The van der Waals surface area contributed by atoms with Gasteiger partial charge in [-0.05, 0) is 25.1 Å². The van der Waals surface area contributed by atoms with E-state index < -0.39 is 11.7 Å². The van der Waals surface area contributed by atoms with Gasteiger partial charge in [-0.3, -0.25) is 4.79 Å². The Bertz CT molecular complexity index is 508. The van der Waals surface area contributed by atoms with Crippen molar-refractivity contribution in [3.63, 3.8) is 0 Å². The molecule has 0 aromatic heterocycles. The highest BCUT2D eigenvalue weighted by Gasteiger charge is 2.21. The molecule has 7 heteroatoms. The van der Waals surface area contributed by atoms with E-state index >= 15 is 0 Å². The summed E-state index contributed by atoms with van der Waals surface area (Å²) in [4.78, 5) is 13.5. The van der Waals surface area contributed by atoms with Gasteiger partial charge in [0.2, 0.25) is 0 Å². The normalized spacial score (nSPS) is 13.2. The van der Waals surface area contributed by atoms with Crippen molar-refractivity contribution in [2.75, 3.05) is 7.05 Å². The van der Waals surface area contributed by atoms with Crippen molar-refractivity contribution in [2.24, 2.45) is 10.9 Å². The van der Waals surface area contributed by atoms with Gasteiger partial charge in [0.15, 0.2) is 0 Å². The van der Waals surface area contributed by atoms with Crippen LogP contribution in [0.2, 0.25) is 0 Å². The molecule has 0 spiro atoms. The van der Waals surface area contributed by atoms with Crippen LogP contribution in [0.1, 0.15) is 23.7 Å². The average molecular weight is 332 g/mol. The number of carbonyl (C=O) groups excluding carboxylic acids is 1. The quantitative estimate of drug-likeness (QED) is 0.384. The van der Waals surface area contributed by atoms with Crippen LogP contribution < -0.4 is 5.73 Å². The first kappa shape index (κ1) is 15.4. The molecule has 0 radical (unpaired) electrons. The molecule has 1 aromatic rings. The summed E-state index contributed by atoms with van der Waals surface area (Å²) in [5, 5.41) is 11.3. The summed E-state index contributed by atoms with van der Waals surface area (Å²) in [5.74, 6) is -1.03. The molecule has 0 fully saturated rings. The van der Waals surface area contributed by atoms with E-state index in [2.05, 4.69) is 21.1 Å². The zero-order valence-corrected chi connectivity index (χ0v) is 12.2. The molecule has 0 saturated carbocycles. The minimum Gasteiger partial charge on any atom is -0.409 e. The molecule has 104 valence electrons. The zero-order chi connectivity index (χ0) is 14.6. The highest BCUT2D eigenvalue weighted by molar-refractivity contribution is 9.10. The van der Waals surface area contributed by atoms with E-state index in [0.717, 1.165) is 0 Å². The molecule has 0 heterocycles. The largest absolute Gasteiger partial charge is 0.409 e. The molecule has 19 heavy (non-hydrogen) atoms. The first-order valence-electron chi connectivity index (χ1n) is 5.55. The highest BCUT2D eigenvalue weighted by Crippen LogP contribution is 2.17. The Balaban J connectivity index is 2.87. The van der Waals surface area contributed by atoms with Gasteiger partial charge in [-0.25, -0.2) is 4.39 Å². The number of hydrogen-bond donors (Lipinski definition) is 2. The Kier molecular flexibility index (Phi) is 5.29. The minimum atomic E-state index is -0.595. The molecule has 3 N–H and O–H groups in total. The third-order valence-corrected chi connectivity index (χ3v) is 3.27. The van der Waals surface area contributed by atoms with Crippen molar-refractivity contribution in [3.8, 4) is 0 Å². The molecule has 0 bridgehead atoms. The van der Waals surface area contributed by atoms with Crippen molar-refractivity contribution in [3.05, 3.63) is 34.1 Å². The van der Waals surface area contributed by atoms with Crippen LogP contribution in [-0.2, 0) is 0 Å². The van der Waals surface area contributed by atoms with Gasteiger partial charge in [-0.15, -0.1) is 0 Å². The Hall–Kier alpha value is -1.63. The first-order valence-corrected chi connectivity index (χ1v) is 6.34. The Morgan fingerprint density at radius 3 is 2.79 bits per heavy atom. The number of amidine groups is 1. The summed E-state index contributed by atoms with van der Waals surface area (Å²) in [7, 11) is 1.54.